The molecule has 12 rings (SSSR count). The number of aryl methyl sites for hydroxylation is 2. The molecule has 8 aromatic rings. The number of piperidine rings is 2. The number of hydrogen-bond acceptors (Lipinski definition) is 12. The molecule has 20 heteroatoms. The van der Waals surface area contributed by atoms with Crippen LogP contribution in [0.4, 0.5) is 0 Å². The predicted octanol–water partition coefficient (Wildman–Crippen LogP) is 10.3. The fraction of sp³-hybridized carbons (Fsp3) is 0.294. The van der Waals surface area contributed by atoms with Crippen LogP contribution < -0.4 is 19.5 Å². The number of rotatable bonds is 7. The third-order valence-electron chi connectivity index (χ3n) is 13.0. The Morgan fingerprint density at radius 3 is 1.70 bits per heavy atom. The number of ether oxygens (including phenoxy) is 3. The van der Waals surface area contributed by atoms with E-state index in [9.17, 15) is 16.8 Å². The highest BCUT2D eigenvalue weighted by Gasteiger charge is 2.33. The molecule has 0 unspecified atom stereocenters. The van der Waals surface area contributed by atoms with Gasteiger partial charge in [-0.1, -0.05) is 47.5 Å². The molecule has 0 radical (unpaired) electrons. The van der Waals surface area contributed by atoms with E-state index in [0.29, 0.717) is 60.0 Å². The second kappa shape index (κ2) is 20.4. The van der Waals surface area contributed by atoms with E-state index in [1.54, 1.807) is 22.5 Å². The molecule has 15 nitrogen and oxygen atoms in total. The molecule has 0 amide bonds. The van der Waals surface area contributed by atoms with Gasteiger partial charge in [-0.2, -0.15) is 4.31 Å². The van der Waals surface area contributed by atoms with Gasteiger partial charge in [-0.15, -0.1) is 0 Å². The zero-order valence-corrected chi connectivity index (χ0v) is 42.7. The molecule has 1 N–H and O–H groups in total. The molecule has 71 heavy (non-hydrogen) atoms. The van der Waals surface area contributed by atoms with Crippen molar-refractivity contribution in [2.24, 2.45) is 0 Å². The lowest BCUT2D eigenvalue weighted by Gasteiger charge is -2.32. The van der Waals surface area contributed by atoms with E-state index >= 15 is 0 Å². The van der Waals surface area contributed by atoms with Crippen LogP contribution in [0.2, 0.25) is 10.0 Å². The first-order valence-electron chi connectivity index (χ1n) is 23.2. The smallest absolute Gasteiger partial charge is 0.261 e. The van der Waals surface area contributed by atoms with Crippen molar-refractivity contribution in [2.75, 3.05) is 39.6 Å². The summed E-state index contributed by atoms with van der Waals surface area (Å²) in [6.45, 7) is 7.60. The Morgan fingerprint density at radius 2 is 1.13 bits per heavy atom. The van der Waals surface area contributed by atoms with Crippen LogP contribution in [-0.2, 0) is 25.5 Å². The summed E-state index contributed by atoms with van der Waals surface area (Å²) in [7, 11) is -2.13. The molecule has 8 heterocycles. The number of nitrogens with one attached hydrogen (secondary N) is 1. The van der Waals surface area contributed by atoms with Gasteiger partial charge in [0.25, 0.3) is 9.05 Å². The minimum atomic E-state index is -3.69. The summed E-state index contributed by atoms with van der Waals surface area (Å²) >= 11 is 13.0. The number of nitrogens with zero attached hydrogens (tertiary/aromatic N) is 7. The maximum absolute atomic E-state index is 13.4. The molecule has 0 aliphatic carbocycles. The summed E-state index contributed by atoms with van der Waals surface area (Å²) < 4.78 is 70.2. The molecule has 0 spiro atoms. The topological polar surface area (TPSA) is 173 Å². The maximum Gasteiger partial charge on any atom is 0.261 e. The number of imidazole rings is 2. The van der Waals surface area contributed by atoms with Gasteiger partial charge in [0.15, 0.2) is 22.8 Å². The normalized spacial score (nSPS) is 16.2. The van der Waals surface area contributed by atoms with Crippen LogP contribution in [0.15, 0.2) is 119 Å². The van der Waals surface area contributed by atoms with E-state index < -0.39 is 19.1 Å². The Bertz CT molecular complexity index is 3520. The standard InChI is InChI=1S/C26H25ClN4O3S.C18H19ClN4.C7H5ClO4S/c1-17-6-8-23-26(28-17)31(25(29-23)21-4-2-3-5-22(21)27)19-10-13-30(14-11-19)35(32,33)20-7-9-24-18(16-20)12-15-34-24;1-12-6-7-16-18(21-12)23(13-8-10-20-11-9-13)17(22-16)14-4-2-3-5-15(14)19;8-13(9,10)5-1-2-6-7(3-5)12-4-11-6/h2-9,16,19H,10-15H2,1H3;2-7,13,20H,8-11H2,1H3;1-3H,4H2. The number of pyridine rings is 2. The largest absolute Gasteiger partial charge is 0.493 e. The number of sulfonamides is 1. The molecule has 0 bridgehead atoms. The van der Waals surface area contributed by atoms with E-state index in [1.807, 2.05) is 80.6 Å². The zero-order chi connectivity index (χ0) is 49.4. The van der Waals surface area contributed by atoms with Crippen LogP contribution >= 0.6 is 33.9 Å². The summed E-state index contributed by atoms with van der Waals surface area (Å²) in [5.41, 5.74) is 8.21. The third-order valence-corrected chi connectivity index (χ3v) is 16.9. The summed E-state index contributed by atoms with van der Waals surface area (Å²) in [5, 5.41) is 4.78. The van der Waals surface area contributed by atoms with Crippen molar-refractivity contribution in [3.8, 4) is 40.0 Å². The van der Waals surface area contributed by atoms with Gasteiger partial charge in [0, 0.05) is 70.9 Å². The van der Waals surface area contributed by atoms with Crippen LogP contribution in [0.1, 0.15) is 54.7 Å². The molecule has 2 saturated heterocycles. The highest BCUT2D eigenvalue weighted by Crippen LogP contribution is 2.39. The lowest BCUT2D eigenvalue weighted by atomic mass is 10.1. The van der Waals surface area contributed by atoms with Crippen LogP contribution in [0, 0.1) is 13.8 Å². The molecule has 4 aliphatic heterocycles. The van der Waals surface area contributed by atoms with Crippen LogP contribution in [0.5, 0.6) is 17.2 Å². The molecular formula is C51H49Cl3N8O7S2. The fourth-order valence-electron chi connectivity index (χ4n) is 9.40. The second-order valence-corrected chi connectivity index (χ2v) is 22.9. The number of hydrogen-bond donors (Lipinski definition) is 1. The highest BCUT2D eigenvalue weighted by molar-refractivity contribution is 8.13. The van der Waals surface area contributed by atoms with Crippen molar-refractivity contribution >= 4 is 75.3 Å². The van der Waals surface area contributed by atoms with Crippen molar-refractivity contribution in [1.82, 2.24) is 38.7 Å². The van der Waals surface area contributed by atoms with Gasteiger partial charge >= 0.3 is 0 Å². The van der Waals surface area contributed by atoms with Gasteiger partial charge in [-0.3, -0.25) is 0 Å². The first kappa shape index (κ1) is 48.8. The third kappa shape index (κ3) is 10.2. The molecule has 4 aromatic carbocycles. The quantitative estimate of drug-likeness (QED) is 0.150. The fourth-order valence-corrected chi connectivity index (χ4v) is 12.1. The van der Waals surface area contributed by atoms with Gasteiger partial charge in [-0.05, 0) is 137 Å². The average molecular weight is 1060 g/mol. The first-order chi connectivity index (χ1) is 34.2. The molecule has 4 aromatic heterocycles. The van der Waals surface area contributed by atoms with E-state index in [2.05, 4.69) is 20.5 Å². The van der Waals surface area contributed by atoms with Crippen molar-refractivity contribution in [2.45, 2.75) is 67.8 Å². The van der Waals surface area contributed by atoms with Gasteiger partial charge < -0.3 is 28.7 Å². The van der Waals surface area contributed by atoms with E-state index in [0.717, 1.165) is 105 Å². The molecule has 368 valence electrons. The van der Waals surface area contributed by atoms with Crippen LogP contribution in [0.3, 0.4) is 0 Å². The summed E-state index contributed by atoms with van der Waals surface area (Å²) in [6.07, 6.45) is 4.22. The van der Waals surface area contributed by atoms with Gasteiger partial charge in [0.2, 0.25) is 16.8 Å². The van der Waals surface area contributed by atoms with Crippen LogP contribution in [-0.4, -0.2) is 89.8 Å². The SMILES string of the molecule is Cc1ccc2nc(-c3ccccc3Cl)n(C3CCN(S(=O)(=O)c4ccc5c(c4)CCO5)CC3)c2n1.Cc1ccc2nc(-c3ccccc3Cl)n(C3CCNCC3)c2n1.O=S(=O)(Cl)c1ccc2c(c1)OCO2. The number of halogens is 3. The Balaban J connectivity index is 0.000000138. The molecule has 0 atom stereocenters. The number of benzene rings is 4. The van der Waals surface area contributed by atoms with Crippen molar-refractivity contribution in [3.05, 3.63) is 136 Å². The average Bonchev–Trinajstić information content (AvgIpc) is 4.19. The summed E-state index contributed by atoms with van der Waals surface area (Å²) in [4.78, 5) is 19.6. The number of aromatic nitrogens is 6. The van der Waals surface area contributed by atoms with Crippen molar-refractivity contribution in [1.29, 1.82) is 0 Å². The maximum atomic E-state index is 13.4. The van der Waals surface area contributed by atoms with Gasteiger partial charge in [0.1, 0.15) is 28.4 Å². The van der Waals surface area contributed by atoms with Gasteiger partial charge in [0.05, 0.1) is 26.4 Å². The molecular weight excluding hydrogens is 1010 g/mol. The Labute approximate surface area is 426 Å². The molecule has 2 fully saturated rings. The predicted molar refractivity (Wildman–Crippen MR) is 275 cm³/mol. The minimum absolute atomic E-state index is 0.0124. The zero-order valence-electron chi connectivity index (χ0n) is 38.8. The molecule has 4 aliphatic rings. The molecule has 0 saturated carbocycles. The minimum Gasteiger partial charge on any atom is -0.493 e. The van der Waals surface area contributed by atoms with Crippen LogP contribution in [0.25, 0.3) is 45.1 Å². The Morgan fingerprint density at radius 1 is 0.592 bits per heavy atom. The lowest BCUT2D eigenvalue weighted by Crippen LogP contribution is -2.39. The Kier molecular flexibility index (Phi) is 14.0. The van der Waals surface area contributed by atoms with E-state index in [4.69, 9.17) is 68.0 Å². The summed E-state index contributed by atoms with van der Waals surface area (Å²) in [5.74, 6) is 3.41. The lowest BCUT2D eigenvalue weighted by molar-refractivity contribution is 0.174. The van der Waals surface area contributed by atoms with Crippen molar-refractivity contribution in [3.63, 3.8) is 0 Å². The highest BCUT2D eigenvalue weighted by atomic mass is 35.7. The second-order valence-electron chi connectivity index (χ2n) is 17.6. The van der Waals surface area contributed by atoms with Crippen molar-refractivity contribution < 1.29 is 31.0 Å². The first-order valence-corrected chi connectivity index (χ1v) is 27.8. The summed E-state index contributed by atoms with van der Waals surface area (Å²) in [6, 6.07) is 33.4. The number of fused-ring (bicyclic) bond motifs is 4. The monoisotopic (exact) mass is 1050 g/mol. The van der Waals surface area contributed by atoms with E-state index in [1.165, 1.54) is 18.2 Å². The Hall–Kier alpha value is -5.79. The van der Waals surface area contributed by atoms with E-state index in [-0.39, 0.29) is 17.7 Å². The van der Waals surface area contributed by atoms with Gasteiger partial charge in [-0.25, -0.2) is 36.8 Å².